The molecular formula is C10H12N4. The summed E-state index contributed by atoms with van der Waals surface area (Å²) in [5.74, 6) is 0.730. The Kier molecular flexibility index (Phi) is 2.55. The zero-order valence-corrected chi connectivity index (χ0v) is 7.72. The normalized spacial score (nSPS) is 12.6. The van der Waals surface area contributed by atoms with Crippen LogP contribution in [0.1, 0.15) is 17.4 Å². The van der Waals surface area contributed by atoms with Gasteiger partial charge in [0.1, 0.15) is 12.2 Å². The van der Waals surface area contributed by atoms with Crippen LogP contribution < -0.4 is 5.73 Å². The van der Waals surface area contributed by atoms with Crippen LogP contribution in [0.2, 0.25) is 0 Å². The van der Waals surface area contributed by atoms with E-state index in [1.165, 1.54) is 11.9 Å². The Morgan fingerprint density at radius 1 is 1.29 bits per heavy atom. The van der Waals surface area contributed by atoms with E-state index in [0.29, 0.717) is 0 Å². The minimum Gasteiger partial charge on any atom is -0.321 e. The average molecular weight is 188 g/mol. The third kappa shape index (κ3) is 1.97. The second kappa shape index (κ2) is 4.02. The smallest absolute Gasteiger partial charge is 0.141 e. The van der Waals surface area contributed by atoms with Crippen molar-refractivity contribution in [3.05, 3.63) is 48.0 Å². The molecule has 0 aliphatic rings. The maximum absolute atomic E-state index is 5.94. The van der Waals surface area contributed by atoms with Crippen molar-refractivity contribution in [2.45, 2.75) is 12.5 Å². The van der Waals surface area contributed by atoms with Crippen molar-refractivity contribution in [2.75, 3.05) is 0 Å². The van der Waals surface area contributed by atoms with E-state index in [1.54, 1.807) is 0 Å². The van der Waals surface area contributed by atoms with Gasteiger partial charge in [0.05, 0.1) is 6.04 Å². The van der Waals surface area contributed by atoms with E-state index in [4.69, 9.17) is 5.73 Å². The quantitative estimate of drug-likeness (QED) is 0.756. The van der Waals surface area contributed by atoms with Crippen LogP contribution in [0, 0.1) is 0 Å². The number of rotatable bonds is 3. The van der Waals surface area contributed by atoms with Crippen molar-refractivity contribution < 1.29 is 0 Å². The highest BCUT2D eigenvalue weighted by Crippen LogP contribution is 2.10. The fourth-order valence-electron chi connectivity index (χ4n) is 1.36. The largest absolute Gasteiger partial charge is 0.321 e. The molecule has 1 aromatic heterocycles. The first-order chi connectivity index (χ1) is 6.86. The number of aromatic amines is 1. The highest BCUT2D eigenvalue weighted by atomic mass is 15.2. The molecule has 0 aliphatic heterocycles. The number of hydrogen-bond donors (Lipinski definition) is 2. The maximum Gasteiger partial charge on any atom is 0.141 e. The second-order valence-corrected chi connectivity index (χ2v) is 3.17. The SMILES string of the molecule is N[C@H](Cc1ccccc1)c1ncn[nH]1. The number of aromatic nitrogens is 3. The fourth-order valence-corrected chi connectivity index (χ4v) is 1.36. The third-order valence-electron chi connectivity index (χ3n) is 2.08. The van der Waals surface area contributed by atoms with Crippen LogP contribution in [0.25, 0.3) is 0 Å². The standard InChI is InChI=1S/C10H12N4/c11-9(10-12-7-13-14-10)6-8-4-2-1-3-5-8/h1-5,7,9H,6,11H2,(H,12,13,14)/t9-/m1/s1. The number of benzene rings is 1. The van der Waals surface area contributed by atoms with Gasteiger partial charge in [0.25, 0.3) is 0 Å². The lowest BCUT2D eigenvalue weighted by Crippen LogP contribution is -2.14. The third-order valence-corrected chi connectivity index (χ3v) is 2.08. The van der Waals surface area contributed by atoms with E-state index < -0.39 is 0 Å². The van der Waals surface area contributed by atoms with E-state index in [2.05, 4.69) is 27.3 Å². The van der Waals surface area contributed by atoms with E-state index in [9.17, 15) is 0 Å². The summed E-state index contributed by atoms with van der Waals surface area (Å²) in [6, 6.07) is 9.99. The monoisotopic (exact) mass is 188 g/mol. The summed E-state index contributed by atoms with van der Waals surface area (Å²) < 4.78 is 0. The Balaban J connectivity index is 2.06. The van der Waals surface area contributed by atoms with Crippen LogP contribution in [0.5, 0.6) is 0 Å². The number of H-pyrrole nitrogens is 1. The minimum atomic E-state index is -0.111. The van der Waals surface area contributed by atoms with Crippen molar-refractivity contribution in [3.8, 4) is 0 Å². The topological polar surface area (TPSA) is 67.6 Å². The summed E-state index contributed by atoms with van der Waals surface area (Å²) >= 11 is 0. The molecule has 0 fully saturated rings. The summed E-state index contributed by atoms with van der Waals surface area (Å²) in [6.07, 6.45) is 2.25. The van der Waals surface area contributed by atoms with Crippen LogP contribution in [0.15, 0.2) is 36.7 Å². The van der Waals surface area contributed by atoms with E-state index >= 15 is 0 Å². The molecule has 0 amide bonds. The number of nitrogens with two attached hydrogens (primary N) is 1. The highest BCUT2D eigenvalue weighted by Gasteiger charge is 2.08. The van der Waals surface area contributed by atoms with Crippen LogP contribution >= 0.6 is 0 Å². The minimum absolute atomic E-state index is 0.111. The molecule has 0 aliphatic carbocycles. The van der Waals surface area contributed by atoms with E-state index in [1.807, 2.05) is 18.2 Å². The van der Waals surface area contributed by atoms with Gasteiger partial charge >= 0.3 is 0 Å². The zero-order valence-electron chi connectivity index (χ0n) is 7.72. The maximum atomic E-state index is 5.94. The molecule has 0 bridgehead atoms. The molecule has 1 aromatic carbocycles. The van der Waals surface area contributed by atoms with Crippen molar-refractivity contribution in [3.63, 3.8) is 0 Å². The van der Waals surface area contributed by atoms with Crippen molar-refractivity contribution >= 4 is 0 Å². The van der Waals surface area contributed by atoms with Gasteiger partial charge < -0.3 is 5.73 Å². The first-order valence-corrected chi connectivity index (χ1v) is 4.51. The lowest BCUT2D eigenvalue weighted by atomic mass is 10.1. The predicted octanol–water partition coefficient (Wildman–Crippen LogP) is 1.05. The molecule has 3 N–H and O–H groups in total. The number of nitrogens with one attached hydrogen (secondary N) is 1. The van der Waals surface area contributed by atoms with Gasteiger partial charge in [-0.15, -0.1) is 0 Å². The van der Waals surface area contributed by atoms with Crippen LogP contribution in [-0.2, 0) is 6.42 Å². The van der Waals surface area contributed by atoms with Gasteiger partial charge in [0.2, 0.25) is 0 Å². The summed E-state index contributed by atoms with van der Waals surface area (Å²) in [6.45, 7) is 0. The molecule has 0 spiro atoms. The first-order valence-electron chi connectivity index (χ1n) is 4.51. The summed E-state index contributed by atoms with van der Waals surface area (Å²) in [7, 11) is 0. The van der Waals surface area contributed by atoms with Crippen LogP contribution in [0.3, 0.4) is 0 Å². The molecule has 1 atom stereocenters. The molecule has 4 nitrogen and oxygen atoms in total. The molecule has 14 heavy (non-hydrogen) atoms. The first kappa shape index (κ1) is 8.90. The Hall–Kier alpha value is -1.68. The predicted molar refractivity (Wildman–Crippen MR) is 53.5 cm³/mol. The van der Waals surface area contributed by atoms with Crippen molar-refractivity contribution in [2.24, 2.45) is 5.73 Å². The Morgan fingerprint density at radius 2 is 2.07 bits per heavy atom. The molecule has 1 heterocycles. The highest BCUT2D eigenvalue weighted by molar-refractivity contribution is 5.16. The van der Waals surface area contributed by atoms with Crippen LogP contribution in [-0.4, -0.2) is 15.2 Å². The van der Waals surface area contributed by atoms with Crippen molar-refractivity contribution in [1.82, 2.24) is 15.2 Å². The van der Waals surface area contributed by atoms with Gasteiger partial charge in [-0.25, -0.2) is 4.98 Å². The van der Waals surface area contributed by atoms with Gasteiger partial charge in [-0.3, -0.25) is 5.10 Å². The molecule has 72 valence electrons. The van der Waals surface area contributed by atoms with Gasteiger partial charge in [0, 0.05) is 0 Å². The van der Waals surface area contributed by atoms with Gasteiger partial charge in [-0.1, -0.05) is 30.3 Å². The van der Waals surface area contributed by atoms with Gasteiger partial charge in [-0.05, 0) is 12.0 Å². The van der Waals surface area contributed by atoms with Crippen LogP contribution in [0.4, 0.5) is 0 Å². The summed E-state index contributed by atoms with van der Waals surface area (Å²) in [4.78, 5) is 4.02. The Bertz CT molecular complexity index is 368. The molecule has 0 radical (unpaired) electrons. The number of nitrogens with zero attached hydrogens (tertiary/aromatic N) is 2. The average Bonchev–Trinajstić information content (AvgIpc) is 2.72. The van der Waals surface area contributed by atoms with Gasteiger partial charge in [0.15, 0.2) is 0 Å². The van der Waals surface area contributed by atoms with E-state index in [0.717, 1.165) is 12.2 Å². The lowest BCUT2D eigenvalue weighted by Gasteiger charge is -2.07. The molecule has 4 heteroatoms. The Labute approximate surface area is 82.2 Å². The summed E-state index contributed by atoms with van der Waals surface area (Å²) in [5, 5.41) is 6.54. The molecular weight excluding hydrogens is 176 g/mol. The fraction of sp³-hybridized carbons (Fsp3) is 0.200. The molecule has 2 rings (SSSR count). The zero-order chi connectivity index (χ0) is 9.80. The molecule has 0 saturated carbocycles. The van der Waals surface area contributed by atoms with Gasteiger partial charge in [-0.2, -0.15) is 5.10 Å². The van der Waals surface area contributed by atoms with Crippen molar-refractivity contribution in [1.29, 1.82) is 0 Å². The van der Waals surface area contributed by atoms with E-state index in [-0.39, 0.29) is 6.04 Å². The molecule has 0 saturated heterocycles. The molecule has 2 aromatic rings. The lowest BCUT2D eigenvalue weighted by molar-refractivity contribution is 0.671. The number of hydrogen-bond acceptors (Lipinski definition) is 3. The molecule has 0 unspecified atom stereocenters. The second-order valence-electron chi connectivity index (χ2n) is 3.17. The summed E-state index contributed by atoms with van der Waals surface area (Å²) in [5.41, 5.74) is 7.14. The Morgan fingerprint density at radius 3 is 2.71 bits per heavy atom.